The van der Waals surface area contributed by atoms with Gasteiger partial charge in [-0.3, -0.25) is 4.79 Å². The molecular formula is C23H30N4O. The van der Waals surface area contributed by atoms with Crippen LogP contribution in [0, 0.1) is 0 Å². The van der Waals surface area contributed by atoms with Gasteiger partial charge in [-0.2, -0.15) is 0 Å². The van der Waals surface area contributed by atoms with Crippen molar-refractivity contribution < 1.29 is 4.79 Å². The molecule has 3 aliphatic rings. The zero-order valence-corrected chi connectivity index (χ0v) is 16.7. The van der Waals surface area contributed by atoms with Crippen LogP contribution in [0.3, 0.4) is 0 Å². The summed E-state index contributed by atoms with van der Waals surface area (Å²) in [6.07, 6.45) is 12.2. The summed E-state index contributed by atoms with van der Waals surface area (Å²) in [6, 6.07) is 6.79. The molecule has 1 aromatic heterocycles. The summed E-state index contributed by atoms with van der Waals surface area (Å²) in [7, 11) is 0. The number of hydrogen-bond donors (Lipinski definition) is 0. The Balaban J connectivity index is 1.34. The molecule has 0 radical (unpaired) electrons. The first-order chi connectivity index (χ1) is 13.8. The average molecular weight is 379 g/mol. The van der Waals surface area contributed by atoms with Crippen LogP contribution in [-0.2, 0) is 37.0 Å². The summed E-state index contributed by atoms with van der Waals surface area (Å²) >= 11 is 0. The SMILES string of the molecule is O=C(Cc1ccc2c(c1)CCCC2)N1CCCC1c1nnc2n1CCCCC2. The fourth-order valence-electron chi connectivity index (χ4n) is 5.26. The lowest BCUT2D eigenvalue weighted by Gasteiger charge is -2.25. The lowest BCUT2D eigenvalue weighted by molar-refractivity contribution is -0.131. The molecule has 28 heavy (non-hydrogen) atoms. The van der Waals surface area contributed by atoms with Crippen LogP contribution in [-0.4, -0.2) is 32.1 Å². The second-order valence-corrected chi connectivity index (χ2v) is 8.67. The minimum absolute atomic E-state index is 0.101. The third-order valence-electron chi connectivity index (χ3n) is 6.78. The van der Waals surface area contributed by atoms with Crippen LogP contribution >= 0.6 is 0 Å². The smallest absolute Gasteiger partial charge is 0.227 e. The highest BCUT2D eigenvalue weighted by molar-refractivity contribution is 5.79. The van der Waals surface area contributed by atoms with Gasteiger partial charge >= 0.3 is 0 Å². The molecule has 1 saturated heterocycles. The Morgan fingerprint density at radius 2 is 1.79 bits per heavy atom. The average Bonchev–Trinajstić information content (AvgIpc) is 3.29. The number of rotatable bonds is 3. The van der Waals surface area contributed by atoms with Crippen LogP contribution in [0.25, 0.3) is 0 Å². The minimum atomic E-state index is 0.101. The molecule has 1 aliphatic carbocycles. The molecule has 2 aromatic rings. The number of hydrogen-bond acceptors (Lipinski definition) is 3. The van der Waals surface area contributed by atoms with Gasteiger partial charge in [-0.1, -0.05) is 24.6 Å². The summed E-state index contributed by atoms with van der Waals surface area (Å²) in [5.41, 5.74) is 4.10. The summed E-state index contributed by atoms with van der Waals surface area (Å²) in [6.45, 7) is 1.84. The van der Waals surface area contributed by atoms with E-state index in [4.69, 9.17) is 0 Å². The largest absolute Gasteiger partial charge is 0.332 e. The van der Waals surface area contributed by atoms with E-state index in [1.807, 2.05) is 0 Å². The first-order valence-electron chi connectivity index (χ1n) is 11.1. The topological polar surface area (TPSA) is 51.0 Å². The molecule has 0 bridgehead atoms. The Morgan fingerprint density at radius 1 is 0.929 bits per heavy atom. The normalized spacial score (nSPS) is 21.9. The number of nitrogens with zero attached hydrogens (tertiary/aromatic N) is 4. The fourth-order valence-corrected chi connectivity index (χ4v) is 5.26. The van der Waals surface area contributed by atoms with Gasteiger partial charge in [0.25, 0.3) is 0 Å². The van der Waals surface area contributed by atoms with Crippen LogP contribution in [0.2, 0.25) is 0 Å². The highest BCUT2D eigenvalue weighted by Gasteiger charge is 2.34. The Labute approximate surface area is 167 Å². The summed E-state index contributed by atoms with van der Waals surface area (Å²) in [5.74, 6) is 2.37. The number of aryl methyl sites for hydroxylation is 3. The molecule has 3 heterocycles. The van der Waals surface area contributed by atoms with E-state index >= 15 is 0 Å². The van der Waals surface area contributed by atoms with Crippen LogP contribution < -0.4 is 0 Å². The highest BCUT2D eigenvalue weighted by atomic mass is 16.2. The molecule has 0 saturated carbocycles. The Hall–Kier alpha value is -2.17. The van der Waals surface area contributed by atoms with E-state index in [0.717, 1.165) is 56.0 Å². The van der Waals surface area contributed by atoms with E-state index < -0.39 is 0 Å². The van der Waals surface area contributed by atoms with Crippen molar-refractivity contribution in [1.29, 1.82) is 0 Å². The number of likely N-dealkylation sites (tertiary alicyclic amines) is 1. The van der Waals surface area contributed by atoms with Gasteiger partial charge in [0.15, 0.2) is 5.82 Å². The van der Waals surface area contributed by atoms with Gasteiger partial charge in [-0.25, -0.2) is 0 Å². The lowest BCUT2D eigenvalue weighted by atomic mass is 9.90. The van der Waals surface area contributed by atoms with Gasteiger partial charge < -0.3 is 9.47 Å². The highest BCUT2D eigenvalue weighted by Crippen LogP contribution is 2.33. The number of carbonyl (C=O) groups excluding carboxylic acids is 1. The van der Waals surface area contributed by atoms with Gasteiger partial charge in [0.05, 0.1) is 12.5 Å². The first kappa shape index (κ1) is 17.9. The molecular weight excluding hydrogens is 348 g/mol. The van der Waals surface area contributed by atoms with Crippen molar-refractivity contribution in [2.45, 2.75) is 83.2 Å². The van der Waals surface area contributed by atoms with Gasteiger partial charge in [0.1, 0.15) is 5.82 Å². The Morgan fingerprint density at radius 3 is 2.71 bits per heavy atom. The van der Waals surface area contributed by atoms with Gasteiger partial charge in [0.2, 0.25) is 5.91 Å². The van der Waals surface area contributed by atoms with Crippen molar-refractivity contribution in [1.82, 2.24) is 19.7 Å². The van der Waals surface area contributed by atoms with E-state index in [0.29, 0.717) is 6.42 Å². The molecule has 1 atom stereocenters. The zero-order valence-electron chi connectivity index (χ0n) is 16.7. The predicted octanol–water partition coefficient (Wildman–Crippen LogP) is 3.79. The van der Waals surface area contributed by atoms with Crippen molar-refractivity contribution in [2.24, 2.45) is 0 Å². The number of aromatic nitrogens is 3. The number of benzene rings is 1. The molecule has 0 spiro atoms. The van der Waals surface area contributed by atoms with E-state index in [1.165, 1.54) is 49.7 Å². The van der Waals surface area contributed by atoms with Crippen molar-refractivity contribution >= 4 is 5.91 Å². The molecule has 5 heteroatoms. The van der Waals surface area contributed by atoms with Crippen molar-refractivity contribution in [2.75, 3.05) is 6.54 Å². The molecule has 0 N–H and O–H groups in total. The third kappa shape index (κ3) is 3.36. The van der Waals surface area contributed by atoms with E-state index in [2.05, 4.69) is 37.9 Å². The summed E-state index contributed by atoms with van der Waals surface area (Å²) in [5, 5.41) is 9.00. The maximum absolute atomic E-state index is 13.2. The molecule has 148 valence electrons. The fraction of sp³-hybridized carbons (Fsp3) is 0.609. The van der Waals surface area contributed by atoms with E-state index in [9.17, 15) is 4.79 Å². The second kappa shape index (κ2) is 7.69. The van der Waals surface area contributed by atoms with Crippen molar-refractivity contribution in [3.63, 3.8) is 0 Å². The maximum Gasteiger partial charge on any atom is 0.227 e. The van der Waals surface area contributed by atoms with Gasteiger partial charge in [0, 0.05) is 19.5 Å². The van der Waals surface area contributed by atoms with E-state index in [1.54, 1.807) is 0 Å². The molecule has 5 rings (SSSR count). The standard InChI is InChI=1S/C23H30N4O/c28-22(16-17-11-12-18-7-3-4-8-19(18)15-17)26-14-6-9-20(26)23-25-24-21-10-2-1-5-13-27(21)23/h11-12,15,20H,1-10,13-14,16H2. The Bertz CT molecular complexity index is 871. The number of amides is 1. The molecule has 1 fully saturated rings. The minimum Gasteiger partial charge on any atom is -0.332 e. The summed E-state index contributed by atoms with van der Waals surface area (Å²) < 4.78 is 2.31. The second-order valence-electron chi connectivity index (χ2n) is 8.67. The molecule has 2 aliphatic heterocycles. The first-order valence-corrected chi connectivity index (χ1v) is 11.1. The van der Waals surface area contributed by atoms with Crippen LogP contribution in [0.1, 0.15) is 79.3 Å². The monoisotopic (exact) mass is 378 g/mol. The maximum atomic E-state index is 13.2. The quantitative estimate of drug-likeness (QED) is 0.816. The van der Waals surface area contributed by atoms with Gasteiger partial charge in [-0.15, -0.1) is 10.2 Å². The number of carbonyl (C=O) groups is 1. The van der Waals surface area contributed by atoms with Crippen LogP contribution in [0.15, 0.2) is 18.2 Å². The summed E-state index contributed by atoms with van der Waals surface area (Å²) in [4.78, 5) is 15.3. The third-order valence-corrected chi connectivity index (χ3v) is 6.78. The van der Waals surface area contributed by atoms with Crippen molar-refractivity contribution in [3.8, 4) is 0 Å². The molecule has 5 nitrogen and oxygen atoms in total. The predicted molar refractivity (Wildman–Crippen MR) is 108 cm³/mol. The van der Waals surface area contributed by atoms with Crippen molar-refractivity contribution in [3.05, 3.63) is 46.5 Å². The molecule has 1 amide bonds. The number of fused-ring (bicyclic) bond motifs is 2. The van der Waals surface area contributed by atoms with Crippen LogP contribution in [0.4, 0.5) is 0 Å². The van der Waals surface area contributed by atoms with Crippen LogP contribution in [0.5, 0.6) is 0 Å². The molecule has 1 unspecified atom stereocenters. The van der Waals surface area contributed by atoms with E-state index in [-0.39, 0.29) is 11.9 Å². The zero-order chi connectivity index (χ0) is 18.9. The lowest BCUT2D eigenvalue weighted by Crippen LogP contribution is -2.33. The van der Waals surface area contributed by atoms with Gasteiger partial charge in [-0.05, 0) is 68.1 Å². The molecule has 1 aromatic carbocycles. The Kier molecular flexibility index (Phi) is 4.91.